The Hall–Kier alpha value is -2.66. The summed E-state index contributed by atoms with van der Waals surface area (Å²) in [6, 6.07) is 12.3. The average Bonchev–Trinajstić information content (AvgIpc) is 3.03. The standard InChI is InChI=1S/C20H24N4O/c1-14(2)15-5-7-16(8-6-15)18-13-24-12-17(9-10-19(24)23-18)22-20(25)4-3-11-21/h5-10,12-14H,3-4,11,21H2,1-2H3,(H,22,25). The number of nitrogens with zero attached hydrogens (tertiary/aromatic N) is 2. The van der Waals surface area contributed by atoms with Crippen molar-refractivity contribution in [1.29, 1.82) is 0 Å². The van der Waals surface area contributed by atoms with Crippen molar-refractivity contribution in [2.45, 2.75) is 32.6 Å². The second kappa shape index (κ2) is 7.49. The van der Waals surface area contributed by atoms with Gasteiger partial charge >= 0.3 is 0 Å². The summed E-state index contributed by atoms with van der Waals surface area (Å²) in [5.41, 5.74) is 10.4. The molecule has 3 aromatic rings. The first-order chi connectivity index (χ1) is 12.1. The summed E-state index contributed by atoms with van der Waals surface area (Å²) in [5.74, 6) is 0.495. The summed E-state index contributed by atoms with van der Waals surface area (Å²) >= 11 is 0. The molecule has 0 fully saturated rings. The van der Waals surface area contributed by atoms with Crippen molar-refractivity contribution in [1.82, 2.24) is 9.38 Å². The smallest absolute Gasteiger partial charge is 0.224 e. The number of rotatable bonds is 6. The largest absolute Gasteiger partial charge is 0.330 e. The van der Waals surface area contributed by atoms with Crippen LogP contribution >= 0.6 is 0 Å². The number of anilines is 1. The molecule has 25 heavy (non-hydrogen) atoms. The van der Waals surface area contributed by atoms with E-state index in [1.54, 1.807) is 0 Å². The number of amides is 1. The Balaban J connectivity index is 1.81. The monoisotopic (exact) mass is 336 g/mol. The number of aromatic nitrogens is 2. The van der Waals surface area contributed by atoms with Crippen molar-refractivity contribution in [3.63, 3.8) is 0 Å². The van der Waals surface area contributed by atoms with Crippen molar-refractivity contribution in [2.75, 3.05) is 11.9 Å². The van der Waals surface area contributed by atoms with Crippen LogP contribution in [0, 0.1) is 0 Å². The minimum absolute atomic E-state index is 0.0191. The zero-order valence-electron chi connectivity index (χ0n) is 14.7. The number of nitrogens with one attached hydrogen (secondary N) is 1. The lowest BCUT2D eigenvalue weighted by molar-refractivity contribution is -0.116. The Kier molecular flexibility index (Phi) is 5.14. The highest BCUT2D eigenvalue weighted by molar-refractivity contribution is 5.90. The van der Waals surface area contributed by atoms with E-state index in [9.17, 15) is 4.79 Å². The highest BCUT2D eigenvalue weighted by Gasteiger charge is 2.07. The molecule has 0 radical (unpaired) electrons. The molecule has 1 aromatic carbocycles. The van der Waals surface area contributed by atoms with Crippen LogP contribution in [-0.2, 0) is 4.79 Å². The molecule has 3 N–H and O–H groups in total. The fourth-order valence-electron chi connectivity index (χ4n) is 2.73. The zero-order valence-corrected chi connectivity index (χ0v) is 14.7. The summed E-state index contributed by atoms with van der Waals surface area (Å²) in [6.45, 7) is 4.89. The van der Waals surface area contributed by atoms with Crippen LogP contribution in [0.2, 0.25) is 0 Å². The molecular weight excluding hydrogens is 312 g/mol. The highest BCUT2D eigenvalue weighted by Crippen LogP contribution is 2.23. The third-order valence-corrected chi connectivity index (χ3v) is 4.22. The number of pyridine rings is 1. The van der Waals surface area contributed by atoms with Gasteiger partial charge in [-0.15, -0.1) is 0 Å². The molecular formula is C20H24N4O. The van der Waals surface area contributed by atoms with Gasteiger partial charge in [-0.2, -0.15) is 0 Å². The van der Waals surface area contributed by atoms with Gasteiger partial charge in [-0.1, -0.05) is 38.1 Å². The number of hydrogen-bond acceptors (Lipinski definition) is 3. The maximum atomic E-state index is 11.8. The van der Waals surface area contributed by atoms with E-state index in [1.807, 2.05) is 28.9 Å². The highest BCUT2D eigenvalue weighted by atomic mass is 16.1. The Morgan fingerprint density at radius 1 is 1.16 bits per heavy atom. The molecule has 130 valence electrons. The number of carbonyl (C=O) groups excluding carboxylic acids is 1. The molecule has 0 aliphatic heterocycles. The van der Waals surface area contributed by atoms with Crippen LogP contribution in [0.4, 0.5) is 5.69 Å². The molecule has 0 unspecified atom stereocenters. The predicted octanol–water partition coefficient (Wildman–Crippen LogP) is 3.80. The molecule has 3 rings (SSSR count). The summed E-state index contributed by atoms with van der Waals surface area (Å²) in [5, 5.41) is 2.89. The van der Waals surface area contributed by atoms with Crippen LogP contribution in [0.5, 0.6) is 0 Å². The maximum Gasteiger partial charge on any atom is 0.224 e. The van der Waals surface area contributed by atoms with Gasteiger partial charge in [-0.05, 0) is 36.6 Å². The Morgan fingerprint density at radius 3 is 2.60 bits per heavy atom. The van der Waals surface area contributed by atoms with E-state index in [4.69, 9.17) is 5.73 Å². The minimum Gasteiger partial charge on any atom is -0.330 e. The van der Waals surface area contributed by atoms with E-state index in [0.717, 1.165) is 22.6 Å². The fourth-order valence-corrected chi connectivity index (χ4v) is 2.73. The SMILES string of the molecule is CC(C)c1ccc(-c2cn3cc(NC(=O)CCCN)ccc3n2)cc1. The number of hydrogen-bond donors (Lipinski definition) is 2. The van der Waals surface area contributed by atoms with Crippen molar-refractivity contribution in [2.24, 2.45) is 5.73 Å². The topological polar surface area (TPSA) is 72.4 Å². The van der Waals surface area contributed by atoms with Gasteiger partial charge in [0.05, 0.1) is 11.4 Å². The first-order valence-electron chi connectivity index (χ1n) is 8.66. The molecule has 0 aliphatic rings. The lowest BCUT2D eigenvalue weighted by Gasteiger charge is -2.05. The van der Waals surface area contributed by atoms with E-state index in [1.165, 1.54) is 5.56 Å². The average molecular weight is 336 g/mol. The van der Waals surface area contributed by atoms with E-state index in [0.29, 0.717) is 25.3 Å². The summed E-state index contributed by atoms with van der Waals surface area (Å²) in [6.07, 6.45) is 4.99. The van der Waals surface area contributed by atoms with Gasteiger partial charge in [0, 0.05) is 24.4 Å². The van der Waals surface area contributed by atoms with Gasteiger partial charge < -0.3 is 15.5 Å². The van der Waals surface area contributed by atoms with Crippen molar-refractivity contribution in [3.05, 3.63) is 54.4 Å². The molecule has 0 bridgehead atoms. The third-order valence-electron chi connectivity index (χ3n) is 4.22. The Labute approximate surface area is 147 Å². The quantitative estimate of drug-likeness (QED) is 0.719. The van der Waals surface area contributed by atoms with E-state index < -0.39 is 0 Å². The van der Waals surface area contributed by atoms with Gasteiger partial charge in [0.15, 0.2) is 0 Å². The van der Waals surface area contributed by atoms with E-state index in [2.05, 4.69) is 48.4 Å². The second-order valence-corrected chi connectivity index (χ2v) is 6.53. The molecule has 0 aliphatic carbocycles. The van der Waals surface area contributed by atoms with Gasteiger partial charge in [0.2, 0.25) is 5.91 Å². The van der Waals surface area contributed by atoms with Crippen molar-refractivity contribution >= 4 is 17.2 Å². The van der Waals surface area contributed by atoms with Gasteiger partial charge in [0.1, 0.15) is 5.65 Å². The molecule has 2 aromatic heterocycles. The van der Waals surface area contributed by atoms with Crippen LogP contribution in [0.25, 0.3) is 16.9 Å². The molecule has 5 nitrogen and oxygen atoms in total. The first-order valence-corrected chi connectivity index (χ1v) is 8.66. The summed E-state index contributed by atoms with van der Waals surface area (Å²) < 4.78 is 1.93. The summed E-state index contributed by atoms with van der Waals surface area (Å²) in [7, 11) is 0. The van der Waals surface area contributed by atoms with E-state index in [-0.39, 0.29) is 5.91 Å². The van der Waals surface area contributed by atoms with Crippen LogP contribution < -0.4 is 11.1 Å². The molecule has 0 spiro atoms. The van der Waals surface area contributed by atoms with Crippen LogP contribution in [0.1, 0.15) is 38.2 Å². The Morgan fingerprint density at radius 2 is 1.92 bits per heavy atom. The fraction of sp³-hybridized carbons (Fsp3) is 0.300. The molecule has 2 heterocycles. The van der Waals surface area contributed by atoms with Gasteiger partial charge in [-0.3, -0.25) is 4.79 Å². The summed E-state index contributed by atoms with van der Waals surface area (Å²) in [4.78, 5) is 16.5. The van der Waals surface area contributed by atoms with Crippen LogP contribution in [0.3, 0.4) is 0 Å². The first kappa shape index (κ1) is 17.2. The van der Waals surface area contributed by atoms with Crippen LogP contribution in [-0.4, -0.2) is 21.8 Å². The normalized spacial score (nSPS) is 11.2. The lowest BCUT2D eigenvalue weighted by Crippen LogP contribution is -2.13. The Bertz CT molecular complexity index is 865. The number of nitrogens with two attached hydrogens (primary N) is 1. The van der Waals surface area contributed by atoms with Gasteiger partial charge in [-0.25, -0.2) is 4.98 Å². The molecule has 0 saturated heterocycles. The molecule has 0 saturated carbocycles. The van der Waals surface area contributed by atoms with Gasteiger partial charge in [0.25, 0.3) is 0 Å². The lowest BCUT2D eigenvalue weighted by atomic mass is 10.0. The number of fused-ring (bicyclic) bond motifs is 1. The van der Waals surface area contributed by atoms with Crippen LogP contribution in [0.15, 0.2) is 48.8 Å². The number of benzene rings is 1. The van der Waals surface area contributed by atoms with Crippen molar-refractivity contribution < 1.29 is 4.79 Å². The second-order valence-electron chi connectivity index (χ2n) is 6.53. The number of carbonyl (C=O) groups is 1. The zero-order chi connectivity index (χ0) is 17.8. The maximum absolute atomic E-state index is 11.8. The number of imidazole rings is 1. The predicted molar refractivity (Wildman–Crippen MR) is 102 cm³/mol. The molecule has 5 heteroatoms. The van der Waals surface area contributed by atoms with E-state index >= 15 is 0 Å². The molecule has 0 atom stereocenters. The van der Waals surface area contributed by atoms with Crippen molar-refractivity contribution in [3.8, 4) is 11.3 Å². The molecule has 1 amide bonds. The third kappa shape index (κ3) is 4.06. The minimum atomic E-state index is -0.0191.